The fourth-order valence-corrected chi connectivity index (χ4v) is 3.69. The molecule has 0 bridgehead atoms. The number of carbonyl (C=O) groups is 2. The molecule has 2 unspecified atom stereocenters. The van der Waals surface area contributed by atoms with Crippen LogP contribution in [0.1, 0.15) is 5.69 Å². The van der Waals surface area contributed by atoms with Crippen LogP contribution in [0, 0.1) is 5.92 Å². The summed E-state index contributed by atoms with van der Waals surface area (Å²) in [5.41, 5.74) is 0.913. The van der Waals surface area contributed by atoms with Gasteiger partial charge in [-0.3, -0.25) is 9.59 Å². The van der Waals surface area contributed by atoms with Crippen molar-refractivity contribution in [3.8, 4) is 11.6 Å². The lowest BCUT2D eigenvalue weighted by Crippen LogP contribution is -2.42. The topological polar surface area (TPSA) is 112 Å². The third-order valence-electron chi connectivity index (χ3n) is 4.75. The van der Waals surface area contributed by atoms with Crippen molar-refractivity contribution in [2.75, 3.05) is 4.90 Å². The molecule has 2 amide bonds. The van der Waals surface area contributed by atoms with Crippen LogP contribution in [0.3, 0.4) is 0 Å². The third-order valence-corrected chi connectivity index (χ3v) is 5.28. The monoisotopic (exact) mass is 454 g/mol. The van der Waals surface area contributed by atoms with E-state index in [2.05, 4.69) is 26.4 Å². The molecule has 3 heterocycles. The first kappa shape index (κ1) is 17.6. The van der Waals surface area contributed by atoms with Crippen molar-refractivity contribution in [1.82, 2.24) is 5.27 Å². The number of benzene rings is 2. The summed E-state index contributed by atoms with van der Waals surface area (Å²) >= 11 is 3.32. The predicted octanol–water partition coefficient (Wildman–Crippen LogP) is 1.08. The number of nitrogens with zero attached hydrogens (tertiary/aromatic N) is 4. The summed E-state index contributed by atoms with van der Waals surface area (Å²) in [7, 11) is 0. The van der Waals surface area contributed by atoms with Crippen LogP contribution < -0.4 is 14.7 Å². The van der Waals surface area contributed by atoms with E-state index in [4.69, 9.17) is 9.36 Å². The van der Waals surface area contributed by atoms with Gasteiger partial charge in [0.05, 0.1) is 11.0 Å². The SMILES string of the molecule is O=C1C2ON=C(c3c([O-])on[n+]3-c3ccccc3)C2C(=O)N1c1ccc(Br)cc1. The van der Waals surface area contributed by atoms with Gasteiger partial charge in [0.1, 0.15) is 5.92 Å². The minimum Gasteiger partial charge on any atom is -0.539 e. The average molecular weight is 455 g/mol. The van der Waals surface area contributed by atoms with Crippen LogP contribution in [0.15, 0.2) is 68.7 Å². The van der Waals surface area contributed by atoms with Crippen molar-refractivity contribution in [2.24, 2.45) is 11.1 Å². The van der Waals surface area contributed by atoms with Crippen LogP contribution in [0.25, 0.3) is 5.69 Å². The molecule has 2 aromatic carbocycles. The Morgan fingerprint density at radius 1 is 1.03 bits per heavy atom. The minimum atomic E-state index is -1.14. The number of fused-ring (bicyclic) bond motifs is 1. The molecule has 144 valence electrons. The molecule has 1 aromatic heterocycles. The molecule has 29 heavy (non-hydrogen) atoms. The number of hydrogen-bond donors (Lipinski definition) is 0. The lowest BCUT2D eigenvalue weighted by Gasteiger charge is -2.15. The van der Waals surface area contributed by atoms with Gasteiger partial charge in [0.2, 0.25) is 17.7 Å². The zero-order chi connectivity index (χ0) is 20.1. The van der Waals surface area contributed by atoms with Crippen molar-refractivity contribution >= 4 is 39.1 Å². The van der Waals surface area contributed by atoms with E-state index < -0.39 is 29.8 Å². The van der Waals surface area contributed by atoms with Crippen LogP contribution in [-0.4, -0.2) is 28.9 Å². The Bertz CT molecular complexity index is 1160. The standard InChI is InChI=1S/C19H11BrN4O5/c20-10-6-8-11(9-7-10)23-17(25)13-14(21-28-16(13)18(23)26)15-19(27)29-22-24(15)12-4-2-1-3-5-12/h1-9,13,16H. The predicted molar refractivity (Wildman–Crippen MR) is 99.0 cm³/mol. The quantitative estimate of drug-likeness (QED) is 0.432. The first-order chi connectivity index (χ1) is 14.1. The molecule has 0 N–H and O–H groups in total. The number of hydrogen-bond acceptors (Lipinski definition) is 7. The van der Waals surface area contributed by atoms with Gasteiger partial charge in [-0.1, -0.05) is 39.3 Å². The Balaban J connectivity index is 1.56. The first-order valence-electron chi connectivity index (χ1n) is 8.58. The fourth-order valence-electron chi connectivity index (χ4n) is 3.43. The number of carbonyl (C=O) groups excluding carboxylic acids is 2. The minimum absolute atomic E-state index is 0.0167. The van der Waals surface area contributed by atoms with Crippen LogP contribution in [0.4, 0.5) is 5.69 Å². The van der Waals surface area contributed by atoms with E-state index in [9.17, 15) is 14.7 Å². The highest BCUT2D eigenvalue weighted by Gasteiger charge is 2.58. The van der Waals surface area contributed by atoms with Crippen molar-refractivity contribution in [3.63, 3.8) is 0 Å². The molecule has 2 aliphatic rings. The lowest BCUT2D eigenvalue weighted by molar-refractivity contribution is -0.671. The molecule has 3 aromatic rings. The average Bonchev–Trinajstić information content (AvgIpc) is 3.39. The maximum Gasteiger partial charge on any atom is 0.289 e. The van der Waals surface area contributed by atoms with Crippen LogP contribution in [0.5, 0.6) is 5.95 Å². The van der Waals surface area contributed by atoms with Gasteiger partial charge in [-0.25, -0.2) is 4.90 Å². The second kappa shape index (κ2) is 6.52. The Kier molecular flexibility index (Phi) is 3.95. The lowest BCUT2D eigenvalue weighted by atomic mass is 9.97. The number of halogens is 1. The van der Waals surface area contributed by atoms with Gasteiger partial charge in [0.15, 0.2) is 11.7 Å². The van der Waals surface area contributed by atoms with Crippen molar-refractivity contribution in [3.05, 3.63) is 64.8 Å². The zero-order valence-electron chi connectivity index (χ0n) is 14.6. The summed E-state index contributed by atoms with van der Waals surface area (Å²) in [4.78, 5) is 32.2. The molecular formula is C19H11BrN4O5. The van der Waals surface area contributed by atoms with Gasteiger partial charge in [-0.05, 0) is 28.9 Å². The molecule has 0 aliphatic carbocycles. The van der Waals surface area contributed by atoms with Gasteiger partial charge < -0.3 is 14.5 Å². The number of oxime groups is 1. The van der Waals surface area contributed by atoms with Gasteiger partial charge >= 0.3 is 0 Å². The highest BCUT2D eigenvalue weighted by Crippen LogP contribution is 2.36. The van der Waals surface area contributed by atoms with Gasteiger partial charge in [0, 0.05) is 16.6 Å². The molecule has 0 radical (unpaired) electrons. The summed E-state index contributed by atoms with van der Waals surface area (Å²) in [5, 5.41) is 20.0. The number of para-hydroxylation sites is 1. The zero-order valence-corrected chi connectivity index (χ0v) is 16.1. The maximum absolute atomic E-state index is 13.1. The molecule has 1 saturated heterocycles. The normalized spacial score (nSPS) is 20.6. The van der Waals surface area contributed by atoms with E-state index in [0.29, 0.717) is 11.4 Å². The van der Waals surface area contributed by atoms with Gasteiger partial charge in [-0.2, -0.15) is 0 Å². The van der Waals surface area contributed by atoms with E-state index in [1.165, 1.54) is 4.68 Å². The molecule has 5 rings (SSSR count). The molecule has 2 atom stereocenters. The maximum atomic E-state index is 13.1. The number of imide groups is 1. The molecule has 10 heteroatoms. The van der Waals surface area contributed by atoms with Crippen molar-refractivity contribution < 1.29 is 28.7 Å². The Labute approximate surface area is 171 Å². The second-order valence-electron chi connectivity index (χ2n) is 6.42. The first-order valence-corrected chi connectivity index (χ1v) is 9.37. The molecule has 1 fully saturated rings. The smallest absolute Gasteiger partial charge is 0.289 e. The molecule has 2 aliphatic heterocycles. The summed E-state index contributed by atoms with van der Waals surface area (Å²) in [6, 6.07) is 15.5. The van der Waals surface area contributed by atoms with Crippen molar-refractivity contribution in [1.29, 1.82) is 0 Å². The van der Waals surface area contributed by atoms with E-state index >= 15 is 0 Å². The number of rotatable bonds is 3. The Hall–Kier alpha value is -3.53. The highest BCUT2D eigenvalue weighted by atomic mass is 79.9. The van der Waals surface area contributed by atoms with Crippen LogP contribution >= 0.6 is 15.9 Å². The third kappa shape index (κ3) is 2.64. The van der Waals surface area contributed by atoms with Gasteiger partial charge in [-0.15, -0.1) is 0 Å². The van der Waals surface area contributed by atoms with E-state index in [1.54, 1.807) is 48.5 Å². The van der Waals surface area contributed by atoms with Crippen molar-refractivity contribution in [2.45, 2.75) is 6.10 Å². The van der Waals surface area contributed by atoms with E-state index in [0.717, 1.165) is 9.37 Å². The Morgan fingerprint density at radius 2 is 1.76 bits per heavy atom. The molecule has 9 nitrogen and oxygen atoms in total. The molecule has 0 spiro atoms. The van der Waals surface area contributed by atoms with Crippen LogP contribution in [0.2, 0.25) is 0 Å². The number of amides is 2. The Morgan fingerprint density at radius 3 is 2.48 bits per heavy atom. The highest BCUT2D eigenvalue weighted by molar-refractivity contribution is 9.10. The summed E-state index contributed by atoms with van der Waals surface area (Å²) in [6.07, 6.45) is -1.14. The largest absolute Gasteiger partial charge is 0.539 e. The summed E-state index contributed by atoms with van der Waals surface area (Å²) in [6.45, 7) is 0. The van der Waals surface area contributed by atoms with E-state index in [-0.39, 0.29) is 11.4 Å². The van der Waals surface area contributed by atoms with Gasteiger partial charge in [0.25, 0.3) is 11.6 Å². The fraction of sp³-hybridized carbons (Fsp3) is 0.105. The summed E-state index contributed by atoms with van der Waals surface area (Å²) in [5.74, 6) is -2.91. The second-order valence-corrected chi connectivity index (χ2v) is 7.34. The molecular weight excluding hydrogens is 444 g/mol. The van der Waals surface area contributed by atoms with Crippen LogP contribution in [-0.2, 0) is 14.4 Å². The summed E-state index contributed by atoms with van der Waals surface area (Å²) < 4.78 is 6.86. The number of anilines is 1. The number of aromatic nitrogens is 2. The molecule has 0 saturated carbocycles. The van der Waals surface area contributed by atoms with E-state index in [1.807, 2.05) is 6.07 Å².